The van der Waals surface area contributed by atoms with E-state index in [-0.39, 0.29) is 33.9 Å². The third-order valence-electron chi connectivity index (χ3n) is 13.7. The Morgan fingerprint density at radius 1 is 0.694 bits per heavy atom. The number of nitrogens with zero attached hydrogens (tertiary/aromatic N) is 2. The maximum absolute atomic E-state index is 2.88. The van der Waals surface area contributed by atoms with Crippen LogP contribution in [0.5, 0.6) is 0 Å². The first-order valence-corrected chi connectivity index (χ1v) is 18.9. The molecule has 2 nitrogen and oxygen atoms in total. The minimum absolute atomic E-state index is 0.0212. The normalized spacial score (nSPS) is 24.4. The Morgan fingerprint density at radius 3 is 2.04 bits per heavy atom. The molecule has 0 spiro atoms. The number of fused-ring (bicyclic) bond motifs is 8. The Labute approximate surface area is 295 Å². The van der Waals surface area contributed by atoms with E-state index in [2.05, 4.69) is 159 Å². The Bertz CT molecular complexity index is 2120. The molecule has 2 aliphatic carbocycles. The molecule has 2 atom stereocenters. The van der Waals surface area contributed by atoms with Crippen LogP contribution in [0.2, 0.25) is 0 Å². The maximum atomic E-state index is 2.88. The lowest BCUT2D eigenvalue weighted by atomic mass is 9.30. The number of aryl methyl sites for hydroxylation is 1. The van der Waals surface area contributed by atoms with Crippen molar-refractivity contribution >= 4 is 46.1 Å². The molecule has 0 N–H and O–H groups in total. The van der Waals surface area contributed by atoms with Gasteiger partial charge in [-0.05, 0) is 101 Å². The molecule has 0 radical (unpaired) electrons. The summed E-state index contributed by atoms with van der Waals surface area (Å²) in [5, 5.41) is 0. The first-order valence-electron chi connectivity index (χ1n) is 18.9. The molecule has 4 aromatic rings. The van der Waals surface area contributed by atoms with Crippen molar-refractivity contribution in [1.82, 2.24) is 0 Å². The van der Waals surface area contributed by atoms with Gasteiger partial charge in [0.05, 0.1) is 5.54 Å². The fourth-order valence-corrected chi connectivity index (χ4v) is 10.8. The van der Waals surface area contributed by atoms with Crippen molar-refractivity contribution in [3.05, 3.63) is 112 Å². The van der Waals surface area contributed by atoms with E-state index in [4.69, 9.17) is 0 Å². The number of benzene rings is 4. The van der Waals surface area contributed by atoms with Gasteiger partial charge in [-0.15, -0.1) is 0 Å². The Morgan fingerprint density at radius 2 is 1.35 bits per heavy atom. The molecule has 3 heterocycles. The van der Waals surface area contributed by atoms with Crippen LogP contribution >= 0.6 is 0 Å². The summed E-state index contributed by atoms with van der Waals surface area (Å²) in [6.45, 7) is 26.9. The Kier molecular flexibility index (Phi) is 6.09. The highest BCUT2D eigenvalue weighted by Gasteiger charge is 2.63. The predicted octanol–water partition coefficient (Wildman–Crippen LogP) is 10.6. The Balaban J connectivity index is 1.43. The highest BCUT2D eigenvalue weighted by molar-refractivity contribution is 6.96. The summed E-state index contributed by atoms with van der Waals surface area (Å²) in [7, 11) is 0. The van der Waals surface area contributed by atoms with E-state index >= 15 is 0 Å². The van der Waals surface area contributed by atoms with Gasteiger partial charge >= 0.3 is 0 Å². The van der Waals surface area contributed by atoms with Crippen molar-refractivity contribution in [2.75, 3.05) is 9.80 Å². The van der Waals surface area contributed by atoms with Gasteiger partial charge < -0.3 is 9.80 Å². The summed E-state index contributed by atoms with van der Waals surface area (Å²) in [5.41, 5.74) is 20.3. The topological polar surface area (TPSA) is 6.48 Å². The highest BCUT2D eigenvalue weighted by atomic mass is 15.3. The highest BCUT2D eigenvalue weighted by Crippen LogP contribution is 2.64. The lowest BCUT2D eigenvalue weighted by Crippen LogP contribution is -2.62. The molecule has 3 aliphatic heterocycles. The third kappa shape index (κ3) is 3.86. The van der Waals surface area contributed by atoms with Crippen molar-refractivity contribution in [2.45, 2.75) is 129 Å². The van der Waals surface area contributed by atoms with Crippen LogP contribution in [-0.4, -0.2) is 12.3 Å². The van der Waals surface area contributed by atoms with Crippen LogP contribution in [0.3, 0.4) is 0 Å². The molecule has 0 saturated heterocycles. The standard InChI is InChI=1S/C46H53BN2/c1-28-24-36-38-37(25-28)49-40-34(45(10)22-14-15-23-46(45,49)11)26-30(43(5,6)7)27-35(40)47(38)41-39(32-16-12-13-17-33(32)44(41,8)9)48(36)31-20-18-29(19-21-31)42(2,3)4/h12-13,16-21,24-27H,14-15,22-23H2,1-11H3. The molecule has 1 saturated carbocycles. The number of rotatable bonds is 1. The van der Waals surface area contributed by atoms with Gasteiger partial charge in [0.15, 0.2) is 0 Å². The monoisotopic (exact) mass is 644 g/mol. The van der Waals surface area contributed by atoms with Crippen LogP contribution in [0.1, 0.15) is 128 Å². The van der Waals surface area contributed by atoms with Crippen LogP contribution in [-0.2, 0) is 21.7 Å². The fraction of sp³-hybridized carbons (Fsp3) is 0.435. The first-order chi connectivity index (χ1) is 23.0. The molecule has 3 heteroatoms. The van der Waals surface area contributed by atoms with Crippen LogP contribution in [0, 0.1) is 6.92 Å². The van der Waals surface area contributed by atoms with Crippen LogP contribution in [0.4, 0.5) is 22.7 Å². The minimum atomic E-state index is -0.133. The molecule has 1 fully saturated rings. The van der Waals surface area contributed by atoms with E-state index in [0.29, 0.717) is 0 Å². The molecule has 2 unspecified atom stereocenters. The number of anilines is 4. The number of allylic oxidation sites excluding steroid dienone is 1. The van der Waals surface area contributed by atoms with E-state index in [9.17, 15) is 0 Å². The van der Waals surface area contributed by atoms with Gasteiger partial charge in [0.2, 0.25) is 6.71 Å². The van der Waals surface area contributed by atoms with E-state index < -0.39 is 0 Å². The minimum Gasteiger partial charge on any atom is -0.335 e. The molecule has 0 amide bonds. The van der Waals surface area contributed by atoms with Crippen molar-refractivity contribution in [3.8, 4) is 0 Å². The van der Waals surface area contributed by atoms with Crippen LogP contribution in [0.15, 0.2) is 78.3 Å². The summed E-state index contributed by atoms with van der Waals surface area (Å²) in [5.74, 6) is 0. The van der Waals surface area contributed by atoms with Crippen molar-refractivity contribution in [2.24, 2.45) is 0 Å². The van der Waals surface area contributed by atoms with Crippen molar-refractivity contribution in [3.63, 3.8) is 0 Å². The van der Waals surface area contributed by atoms with E-state index in [0.717, 1.165) is 0 Å². The van der Waals surface area contributed by atoms with Crippen LogP contribution < -0.4 is 20.7 Å². The Hall–Kier alpha value is -3.72. The zero-order chi connectivity index (χ0) is 34.6. The second-order valence-electron chi connectivity index (χ2n) is 19.1. The molecule has 5 aliphatic rings. The van der Waals surface area contributed by atoms with Crippen LogP contribution in [0.25, 0.3) is 5.70 Å². The van der Waals surface area contributed by atoms with Gasteiger partial charge in [0.1, 0.15) is 0 Å². The number of hydrogen-bond acceptors (Lipinski definition) is 2. The molecule has 9 rings (SSSR count). The fourth-order valence-electron chi connectivity index (χ4n) is 10.8. The summed E-state index contributed by atoms with van der Waals surface area (Å²) in [6.07, 6.45) is 5.06. The predicted molar refractivity (Wildman–Crippen MR) is 211 cm³/mol. The van der Waals surface area contributed by atoms with Crippen molar-refractivity contribution in [1.29, 1.82) is 0 Å². The van der Waals surface area contributed by atoms with E-state index in [1.807, 2.05) is 0 Å². The second-order valence-corrected chi connectivity index (χ2v) is 19.1. The smallest absolute Gasteiger partial charge is 0.248 e. The quantitative estimate of drug-likeness (QED) is 0.190. The summed E-state index contributed by atoms with van der Waals surface area (Å²) in [4.78, 5) is 5.54. The maximum Gasteiger partial charge on any atom is 0.248 e. The third-order valence-corrected chi connectivity index (χ3v) is 13.7. The molecular formula is C46H53BN2. The van der Waals surface area contributed by atoms with Gasteiger partial charge in [0, 0.05) is 44.8 Å². The molecule has 0 bridgehead atoms. The zero-order valence-corrected chi connectivity index (χ0v) is 31.7. The van der Waals surface area contributed by atoms with Crippen molar-refractivity contribution < 1.29 is 0 Å². The average molecular weight is 645 g/mol. The molecule has 49 heavy (non-hydrogen) atoms. The number of hydrogen-bond donors (Lipinski definition) is 0. The summed E-state index contributed by atoms with van der Waals surface area (Å²) in [6, 6.07) is 29.1. The van der Waals surface area contributed by atoms with Gasteiger partial charge in [-0.25, -0.2) is 0 Å². The SMILES string of the molecule is Cc1cc2c3c(c1)N1c4c(cc(C(C)(C)C)cc4C4(C)CCCCC14C)B3C1=C(c3ccccc3C1(C)C)N2c1ccc(C(C)(C)C)cc1. The van der Waals surface area contributed by atoms with E-state index in [1.54, 1.807) is 11.0 Å². The second kappa shape index (κ2) is 9.53. The summed E-state index contributed by atoms with van der Waals surface area (Å²) < 4.78 is 0. The lowest BCUT2D eigenvalue weighted by Gasteiger charge is -2.53. The van der Waals surface area contributed by atoms with Gasteiger partial charge in [-0.2, -0.15) is 0 Å². The molecular weight excluding hydrogens is 591 g/mol. The first kappa shape index (κ1) is 31.3. The zero-order valence-electron chi connectivity index (χ0n) is 31.7. The van der Waals surface area contributed by atoms with Gasteiger partial charge in [-0.3, -0.25) is 0 Å². The lowest BCUT2D eigenvalue weighted by molar-refractivity contribution is 0.195. The molecule has 4 aromatic carbocycles. The largest absolute Gasteiger partial charge is 0.335 e. The van der Waals surface area contributed by atoms with Gasteiger partial charge in [-0.1, -0.05) is 129 Å². The average Bonchev–Trinajstić information content (AvgIpc) is 3.40. The molecule has 250 valence electrons. The van der Waals surface area contributed by atoms with E-state index in [1.165, 1.54) is 92.9 Å². The molecule has 0 aromatic heterocycles. The van der Waals surface area contributed by atoms with Gasteiger partial charge in [0.25, 0.3) is 0 Å². The summed E-state index contributed by atoms with van der Waals surface area (Å²) >= 11 is 0.